The molecule has 0 bridgehead atoms. The highest BCUT2D eigenvalue weighted by atomic mass is 16.6. The Morgan fingerprint density at radius 2 is 1.56 bits per heavy atom. The van der Waals surface area contributed by atoms with E-state index < -0.39 is 0 Å². The lowest BCUT2D eigenvalue weighted by atomic mass is 9.76. The van der Waals surface area contributed by atoms with Gasteiger partial charge in [0.15, 0.2) is 6.61 Å². The molecular formula is C35H38N2O4. The van der Waals surface area contributed by atoms with Gasteiger partial charge in [0.2, 0.25) is 0 Å². The van der Waals surface area contributed by atoms with Crippen LogP contribution in [0.4, 0.5) is 0 Å². The standard InChI is InChI=1S/C35H38N2O4/c1-2-40-34(39)25-41-31-19-11-12-26(23-31)22-29-17-9-10-18-30(29)24-37-33(38)21-20-32(36-37)35(27-13-5-3-6-14-27)28-15-7-4-8-16-28/h3-8,11-16,19-21,23,29-30,35H,2,9-10,17-18,22,24-25H2,1H3. The van der Waals surface area contributed by atoms with E-state index in [1.54, 1.807) is 17.7 Å². The summed E-state index contributed by atoms with van der Waals surface area (Å²) in [6.07, 6.45) is 5.43. The molecular weight excluding hydrogens is 512 g/mol. The van der Waals surface area contributed by atoms with E-state index in [-0.39, 0.29) is 24.1 Å². The number of benzene rings is 3. The Hall–Kier alpha value is -4.19. The zero-order chi connectivity index (χ0) is 28.4. The SMILES string of the molecule is CCOC(=O)COc1cccc(CC2CCCCC2Cn2nc(C(c3ccccc3)c3ccccc3)ccc2=O)c1. The quantitative estimate of drug-likeness (QED) is 0.202. The molecule has 41 heavy (non-hydrogen) atoms. The van der Waals surface area contributed by atoms with Crippen molar-refractivity contribution in [3.8, 4) is 5.75 Å². The molecule has 1 aromatic heterocycles. The second kappa shape index (κ2) is 13.9. The molecule has 1 aliphatic carbocycles. The third kappa shape index (κ3) is 7.51. The molecule has 212 valence electrons. The minimum absolute atomic E-state index is 0.0521. The van der Waals surface area contributed by atoms with Crippen LogP contribution in [0.1, 0.15) is 60.9 Å². The lowest BCUT2D eigenvalue weighted by Gasteiger charge is -2.32. The summed E-state index contributed by atoms with van der Waals surface area (Å²) in [5.74, 6) is 1.03. The second-order valence-corrected chi connectivity index (χ2v) is 10.8. The molecule has 1 aliphatic rings. The number of carbonyl (C=O) groups excluding carboxylic acids is 1. The molecule has 3 aromatic carbocycles. The number of esters is 1. The van der Waals surface area contributed by atoms with Crippen molar-refractivity contribution in [2.24, 2.45) is 11.8 Å². The van der Waals surface area contributed by atoms with Crippen LogP contribution >= 0.6 is 0 Å². The van der Waals surface area contributed by atoms with E-state index in [1.807, 2.05) is 60.7 Å². The fourth-order valence-corrected chi connectivity index (χ4v) is 6.00. The first kappa shape index (κ1) is 28.3. The Labute approximate surface area is 242 Å². The van der Waals surface area contributed by atoms with Crippen molar-refractivity contribution < 1.29 is 14.3 Å². The normalized spacial score (nSPS) is 16.8. The van der Waals surface area contributed by atoms with Gasteiger partial charge < -0.3 is 9.47 Å². The van der Waals surface area contributed by atoms with Gasteiger partial charge in [0, 0.05) is 12.6 Å². The van der Waals surface area contributed by atoms with Crippen LogP contribution in [-0.4, -0.2) is 29.0 Å². The summed E-state index contributed by atoms with van der Waals surface area (Å²) in [5.41, 5.74) is 4.28. The van der Waals surface area contributed by atoms with Crippen LogP contribution in [0.25, 0.3) is 0 Å². The lowest BCUT2D eigenvalue weighted by molar-refractivity contribution is -0.145. The summed E-state index contributed by atoms with van der Waals surface area (Å²) < 4.78 is 12.3. The predicted molar refractivity (Wildman–Crippen MR) is 160 cm³/mol. The van der Waals surface area contributed by atoms with Gasteiger partial charge >= 0.3 is 5.97 Å². The topological polar surface area (TPSA) is 70.4 Å². The maximum Gasteiger partial charge on any atom is 0.344 e. The number of rotatable bonds is 11. The molecule has 1 fully saturated rings. The Balaban J connectivity index is 1.35. The summed E-state index contributed by atoms with van der Waals surface area (Å²) in [7, 11) is 0. The zero-order valence-corrected chi connectivity index (χ0v) is 23.7. The average Bonchev–Trinajstić information content (AvgIpc) is 3.00. The summed E-state index contributed by atoms with van der Waals surface area (Å²) in [6, 6.07) is 32.2. The predicted octanol–water partition coefficient (Wildman–Crippen LogP) is 6.41. The zero-order valence-electron chi connectivity index (χ0n) is 23.7. The van der Waals surface area contributed by atoms with E-state index in [0.29, 0.717) is 30.7 Å². The van der Waals surface area contributed by atoms with Crippen molar-refractivity contribution in [3.05, 3.63) is 130 Å². The number of carbonyl (C=O) groups is 1. The van der Waals surface area contributed by atoms with Gasteiger partial charge in [-0.3, -0.25) is 4.79 Å². The molecule has 0 spiro atoms. The summed E-state index contributed by atoms with van der Waals surface area (Å²) in [4.78, 5) is 24.8. The highest BCUT2D eigenvalue weighted by Crippen LogP contribution is 2.35. The van der Waals surface area contributed by atoms with Crippen molar-refractivity contribution >= 4 is 5.97 Å². The van der Waals surface area contributed by atoms with Crippen molar-refractivity contribution in [1.82, 2.24) is 9.78 Å². The highest BCUT2D eigenvalue weighted by molar-refractivity contribution is 5.71. The monoisotopic (exact) mass is 550 g/mol. The maximum absolute atomic E-state index is 13.1. The first-order valence-corrected chi connectivity index (χ1v) is 14.7. The van der Waals surface area contributed by atoms with E-state index in [4.69, 9.17) is 14.6 Å². The summed E-state index contributed by atoms with van der Waals surface area (Å²) in [6.45, 7) is 2.63. The molecule has 6 heteroatoms. The van der Waals surface area contributed by atoms with Crippen LogP contribution in [0.2, 0.25) is 0 Å². The Morgan fingerprint density at radius 3 is 2.24 bits per heavy atom. The van der Waals surface area contributed by atoms with E-state index in [0.717, 1.165) is 42.5 Å². The minimum atomic E-state index is -0.368. The van der Waals surface area contributed by atoms with Gasteiger partial charge in [-0.25, -0.2) is 9.48 Å². The van der Waals surface area contributed by atoms with Crippen molar-refractivity contribution in [1.29, 1.82) is 0 Å². The van der Waals surface area contributed by atoms with Crippen LogP contribution in [0.15, 0.2) is 102 Å². The van der Waals surface area contributed by atoms with Gasteiger partial charge in [-0.2, -0.15) is 5.10 Å². The fourth-order valence-electron chi connectivity index (χ4n) is 6.00. The number of nitrogens with zero attached hydrogens (tertiary/aromatic N) is 2. The maximum atomic E-state index is 13.1. The molecule has 2 unspecified atom stereocenters. The Morgan fingerprint density at radius 1 is 0.878 bits per heavy atom. The summed E-state index contributed by atoms with van der Waals surface area (Å²) in [5, 5.41) is 4.97. The smallest absolute Gasteiger partial charge is 0.344 e. The van der Waals surface area contributed by atoms with E-state index >= 15 is 0 Å². The molecule has 0 saturated heterocycles. The minimum Gasteiger partial charge on any atom is -0.482 e. The number of ether oxygens (including phenoxy) is 2. The van der Waals surface area contributed by atoms with Crippen LogP contribution in [0, 0.1) is 11.8 Å². The summed E-state index contributed by atoms with van der Waals surface area (Å²) >= 11 is 0. The first-order chi connectivity index (χ1) is 20.1. The molecule has 5 rings (SSSR count). The molecule has 1 saturated carbocycles. The van der Waals surface area contributed by atoms with Gasteiger partial charge in [0.1, 0.15) is 5.75 Å². The van der Waals surface area contributed by atoms with Gasteiger partial charge in [0.25, 0.3) is 5.56 Å². The van der Waals surface area contributed by atoms with Crippen molar-refractivity contribution in [2.75, 3.05) is 13.2 Å². The molecule has 0 aliphatic heterocycles. The van der Waals surface area contributed by atoms with Crippen LogP contribution in [-0.2, 0) is 22.5 Å². The van der Waals surface area contributed by atoms with Crippen LogP contribution < -0.4 is 10.3 Å². The molecule has 2 atom stereocenters. The number of aromatic nitrogens is 2. The van der Waals surface area contributed by atoms with E-state index in [9.17, 15) is 9.59 Å². The molecule has 1 heterocycles. The molecule has 0 amide bonds. The van der Waals surface area contributed by atoms with Crippen molar-refractivity contribution in [3.63, 3.8) is 0 Å². The third-order valence-corrected chi connectivity index (χ3v) is 7.98. The van der Waals surface area contributed by atoms with Gasteiger partial charge in [-0.15, -0.1) is 0 Å². The highest BCUT2D eigenvalue weighted by Gasteiger charge is 2.27. The Kier molecular flexibility index (Phi) is 9.63. The van der Waals surface area contributed by atoms with Gasteiger partial charge in [0.05, 0.1) is 18.2 Å². The van der Waals surface area contributed by atoms with Crippen molar-refractivity contribution in [2.45, 2.75) is 51.5 Å². The largest absolute Gasteiger partial charge is 0.482 e. The average molecular weight is 551 g/mol. The van der Waals surface area contributed by atoms with Gasteiger partial charge in [-0.05, 0) is 72.9 Å². The van der Waals surface area contributed by atoms with Crippen LogP contribution in [0.3, 0.4) is 0 Å². The lowest BCUT2D eigenvalue weighted by Crippen LogP contribution is -2.32. The molecule has 4 aromatic rings. The first-order valence-electron chi connectivity index (χ1n) is 14.7. The fraction of sp³-hybridized carbons (Fsp3) is 0.343. The molecule has 6 nitrogen and oxygen atoms in total. The molecule has 0 radical (unpaired) electrons. The third-order valence-electron chi connectivity index (χ3n) is 7.98. The Bertz CT molecular complexity index is 1430. The number of hydrogen-bond donors (Lipinski definition) is 0. The number of hydrogen-bond acceptors (Lipinski definition) is 5. The van der Waals surface area contributed by atoms with Crippen LogP contribution in [0.5, 0.6) is 5.75 Å². The molecule has 0 N–H and O–H groups in total. The van der Waals surface area contributed by atoms with E-state index in [1.165, 1.54) is 12.0 Å². The van der Waals surface area contributed by atoms with Gasteiger partial charge in [-0.1, -0.05) is 85.6 Å². The van der Waals surface area contributed by atoms with E-state index in [2.05, 4.69) is 30.3 Å². The second-order valence-electron chi connectivity index (χ2n) is 10.8.